The van der Waals surface area contributed by atoms with Crippen LogP contribution >= 0.6 is 15.9 Å². The Morgan fingerprint density at radius 3 is 2.50 bits per heavy atom. The van der Waals surface area contributed by atoms with Crippen LogP contribution in [0.15, 0.2) is 28.7 Å². The predicted octanol–water partition coefficient (Wildman–Crippen LogP) is 3.89. The van der Waals surface area contributed by atoms with Crippen molar-refractivity contribution in [1.82, 2.24) is 4.90 Å². The minimum Gasteiger partial charge on any atom is -0.466 e. The Bertz CT molecular complexity index is 618. The molecule has 0 atom stereocenters. The summed E-state index contributed by atoms with van der Waals surface area (Å²) < 4.78 is 11.5. The second-order valence-corrected chi connectivity index (χ2v) is 8.02. The van der Waals surface area contributed by atoms with Crippen molar-refractivity contribution in [3.63, 3.8) is 0 Å². The Kier molecular flexibility index (Phi) is 5.58. The van der Waals surface area contributed by atoms with Gasteiger partial charge in [0.05, 0.1) is 13.0 Å². The predicted molar refractivity (Wildman–Crippen MR) is 94.9 cm³/mol. The Hall–Kier alpha value is -1.56. The zero-order valence-corrected chi connectivity index (χ0v) is 16.2. The van der Waals surface area contributed by atoms with Crippen molar-refractivity contribution in [1.29, 1.82) is 0 Å². The molecular formula is C18H24BrNO4. The summed E-state index contributed by atoms with van der Waals surface area (Å²) in [6.45, 7) is 8.54. The number of amides is 1. The van der Waals surface area contributed by atoms with E-state index in [4.69, 9.17) is 9.47 Å². The molecule has 0 saturated carbocycles. The van der Waals surface area contributed by atoms with Gasteiger partial charge in [-0.25, -0.2) is 4.79 Å². The largest absolute Gasteiger partial charge is 0.466 e. The lowest BCUT2D eigenvalue weighted by Crippen LogP contribution is -2.62. The van der Waals surface area contributed by atoms with Crippen LogP contribution in [0.5, 0.6) is 0 Å². The number of hydrogen-bond donors (Lipinski definition) is 0. The summed E-state index contributed by atoms with van der Waals surface area (Å²) in [6.07, 6.45) is -0.103. The van der Waals surface area contributed by atoms with Gasteiger partial charge in [0.2, 0.25) is 0 Å². The Labute approximate surface area is 151 Å². The average Bonchev–Trinajstić information content (AvgIpc) is 2.40. The number of rotatable bonds is 4. The summed E-state index contributed by atoms with van der Waals surface area (Å²) in [4.78, 5) is 25.9. The maximum Gasteiger partial charge on any atom is 0.410 e. The van der Waals surface area contributed by atoms with E-state index in [1.54, 1.807) is 11.8 Å². The maximum atomic E-state index is 12.2. The summed E-state index contributed by atoms with van der Waals surface area (Å²) in [6, 6.07) is 7.84. The van der Waals surface area contributed by atoms with E-state index in [1.165, 1.54) is 0 Å². The van der Waals surface area contributed by atoms with E-state index in [-0.39, 0.29) is 18.5 Å². The minimum absolute atomic E-state index is 0.247. The second kappa shape index (κ2) is 7.13. The molecule has 1 aromatic rings. The van der Waals surface area contributed by atoms with Crippen LogP contribution in [0, 0.1) is 0 Å². The van der Waals surface area contributed by atoms with Crippen LogP contribution in [0.4, 0.5) is 4.79 Å². The number of hydrogen-bond acceptors (Lipinski definition) is 4. The van der Waals surface area contributed by atoms with Crippen molar-refractivity contribution in [2.75, 3.05) is 19.7 Å². The fourth-order valence-electron chi connectivity index (χ4n) is 2.84. The molecule has 132 valence electrons. The first-order chi connectivity index (χ1) is 11.1. The first-order valence-electron chi connectivity index (χ1n) is 8.05. The molecule has 2 rings (SSSR count). The molecular weight excluding hydrogens is 374 g/mol. The summed E-state index contributed by atoms with van der Waals surface area (Å²) in [5.74, 6) is -0.249. The Balaban J connectivity index is 2.16. The molecule has 1 amide bonds. The third kappa shape index (κ3) is 4.50. The number of benzene rings is 1. The van der Waals surface area contributed by atoms with Crippen LogP contribution < -0.4 is 0 Å². The SMILES string of the molecule is CCOC(=O)CC1(c2cccc(Br)c2)CN(C(=O)OC(C)(C)C)C1. The number of likely N-dealkylation sites (tertiary alicyclic amines) is 1. The minimum atomic E-state index is -0.535. The van der Waals surface area contributed by atoms with Gasteiger partial charge in [-0.3, -0.25) is 4.79 Å². The van der Waals surface area contributed by atoms with Gasteiger partial charge in [0, 0.05) is 23.0 Å². The first kappa shape index (κ1) is 18.8. The molecule has 6 heteroatoms. The quantitative estimate of drug-likeness (QED) is 0.723. The molecule has 0 N–H and O–H groups in total. The third-order valence-corrected chi connectivity index (χ3v) is 4.36. The van der Waals surface area contributed by atoms with Gasteiger partial charge in [-0.15, -0.1) is 0 Å². The van der Waals surface area contributed by atoms with Crippen molar-refractivity contribution < 1.29 is 19.1 Å². The summed E-state index contributed by atoms with van der Waals surface area (Å²) in [5, 5.41) is 0. The average molecular weight is 398 g/mol. The van der Waals surface area contributed by atoms with Gasteiger partial charge in [0.15, 0.2) is 0 Å². The molecule has 0 aliphatic carbocycles. The van der Waals surface area contributed by atoms with Gasteiger partial charge in [0.25, 0.3) is 0 Å². The standard InChI is InChI=1S/C18H24BrNO4/c1-5-23-15(21)10-18(13-7-6-8-14(19)9-13)11-20(12-18)16(22)24-17(2,3)4/h6-9H,5,10-12H2,1-4H3. The van der Waals surface area contributed by atoms with Gasteiger partial charge < -0.3 is 14.4 Å². The molecule has 0 unspecified atom stereocenters. The molecule has 1 heterocycles. The molecule has 1 aliphatic rings. The summed E-state index contributed by atoms with van der Waals surface area (Å²) in [5.41, 5.74) is 0.0591. The van der Waals surface area contributed by atoms with Gasteiger partial charge >= 0.3 is 12.1 Å². The van der Waals surface area contributed by atoms with E-state index < -0.39 is 11.0 Å². The molecule has 1 aromatic carbocycles. The number of nitrogens with zero attached hydrogens (tertiary/aromatic N) is 1. The molecule has 0 radical (unpaired) electrons. The highest BCUT2D eigenvalue weighted by molar-refractivity contribution is 9.10. The molecule has 5 nitrogen and oxygen atoms in total. The highest BCUT2D eigenvalue weighted by Gasteiger charge is 2.49. The van der Waals surface area contributed by atoms with Crippen LogP contribution in [0.3, 0.4) is 0 Å². The van der Waals surface area contributed by atoms with E-state index in [1.807, 2.05) is 45.0 Å². The summed E-state index contributed by atoms with van der Waals surface area (Å²) in [7, 11) is 0. The Morgan fingerprint density at radius 1 is 1.29 bits per heavy atom. The zero-order chi connectivity index (χ0) is 18.0. The lowest BCUT2D eigenvalue weighted by molar-refractivity contribution is -0.146. The maximum absolute atomic E-state index is 12.2. The van der Waals surface area contributed by atoms with Crippen LogP contribution in [-0.2, 0) is 19.7 Å². The van der Waals surface area contributed by atoms with Crippen molar-refractivity contribution in [2.24, 2.45) is 0 Å². The first-order valence-corrected chi connectivity index (χ1v) is 8.84. The number of ether oxygens (including phenoxy) is 2. The van der Waals surface area contributed by atoms with Crippen molar-refractivity contribution >= 4 is 28.0 Å². The molecule has 1 aliphatic heterocycles. The molecule has 0 bridgehead atoms. The van der Waals surface area contributed by atoms with E-state index in [2.05, 4.69) is 15.9 Å². The molecule has 1 saturated heterocycles. The van der Waals surface area contributed by atoms with E-state index in [0.29, 0.717) is 19.7 Å². The number of esters is 1. The lowest BCUT2D eigenvalue weighted by Gasteiger charge is -2.49. The smallest absolute Gasteiger partial charge is 0.410 e. The lowest BCUT2D eigenvalue weighted by atomic mass is 9.71. The van der Waals surface area contributed by atoms with Crippen LogP contribution in [-0.4, -0.2) is 42.3 Å². The highest BCUT2D eigenvalue weighted by atomic mass is 79.9. The molecule has 0 spiro atoms. The molecule has 1 fully saturated rings. The number of carbonyl (C=O) groups excluding carboxylic acids is 2. The van der Waals surface area contributed by atoms with Gasteiger partial charge in [-0.05, 0) is 45.4 Å². The number of halogens is 1. The monoisotopic (exact) mass is 397 g/mol. The highest BCUT2D eigenvalue weighted by Crippen LogP contribution is 2.39. The van der Waals surface area contributed by atoms with Crippen molar-refractivity contribution in [3.05, 3.63) is 34.3 Å². The fraction of sp³-hybridized carbons (Fsp3) is 0.556. The van der Waals surface area contributed by atoms with Gasteiger partial charge in [-0.2, -0.15) is 0 Å². The van der Waals surface area contributed by atoms with Crippen molar-refractivity contribution in [2.45, 2.75) is 45.1 Å². The van der Waals surface area contributed by atoms with Crippen LogP contribution in [0.25, 0.3) is 0 Å². The van der Waals surface area contributed by atoms with Crippen LogP contribution in [0.1, 0.15) is 39.7 Å². The van der Waals surface area contributed by atoms with E-state index in [0.717, 1.165) is 10.0 Å². The zero-order valence-electron chi connectivity index (χ0n) is 14.6. The van der Waals surface area contributed by atoms with Gasteiger partial charge in [-0.1, -0.05) is 28.1 Å². The van der Waals surface area contributed by atoms with Crippen molar-refractivity contribution in [3.8, 4) is 0 Å². The topological polar surface area (TPSA) is 55.8 Å². The molecule has 24 heavy (non-hydrogen) atoms. The number of carbonyl (C=O) groups is 2. The normalized spacial score (nSPS) is 16.3. The van der Waals surface area contributed by atoms with E-state index >= 15 is 0 Å². The van der Waals surface area contributed by atoms with Crippen LogP contribution in [0.2, 0.25) is 0 Å². The van der Waals surface area contributed by atoms with Gasteiger partial charge in [0.1, 0.15) is 5.60 Å². The Morgan fingerprint density at radius 2 is 1.96 bits per heavy atom. The summed E-state index contributed by atoms with van der Waals surface area (Å²) >= 11 is 3.47. The third-order valence-electron chi connectivity index (χ3n) is 3.86. The second-order valence-electron chi connectivity index (χ2n) is 7.11. The van der Waals surface area contributed by atoms with E-state index in [9.17, 15) is 9.59 Å². The molecule has 0 aromatic heterocycles. The fourth-order valence-corrected chi connectivity index (χ4v) is 3.24.